The molecule has 0 aliphatic heterocycles. The van der Waals surface area contributed by atoms with Gasteiger partial charge in [0.1, 0.15) is 5.75 Å². The maximum absolute atomic E-state index is 11.1. The van der Waals surface area contributed by atoms with Crippen molar-refractivity contribution in [3.63, 3.8) is 0 Å². The molecule has 0 saturated heterocycles. The van der Waals surface area contributed by atoms with Crippen molar-refractivity contribution in [1.29, 1.82) is 0 Å². The van der Waals surface area contributed by atoms with E-state index in [2.05, 4.69) is 4.74 Å². The molecule has 0 aliphatic carbocycles. The summed E-state index contributed by atoms with van der Waals surface area (Å²) in [6.07, 6.45) is -0.425. The summed E-state index contributed by atoms with van der Waals surface area (Å²) >= 11 is 0. The first kappa shape index (κ1) is 12.2. The third-order valence-electron chi connectivity index (χ3n) is 1.73. The van der Waals surface area contributed by atoms with Gasteiger partial charge in [-0.15, -0.1) is 0 Å². The van der Waals surface area contributed by atoms with Gasteiger partial charge in [0.05, 0.1) is 0 Å². The number of carbonyl (C=O) groups is 2. The van der Waals surface area contributed by atoms with Crippen molar-refractivity contribution in [2.24, 2.45) is 5.73 Å². The smallest absolute Gasteiger partial charge is 0.395 e. The molecule has 0 radical (unpaired) electrons. The fourth-order valence-electron chi connectivity index (χ4n) is 0.996. The molecular weight excluding hydrogens is 210 g/mol. The third-order valence-corrected chi connectivity index (χ3v) is 1.73. The SMILES string of the molecule is NCCCC(=O)OC(=O)Oc1ccccc1. The van der Waals surface area contributed by atoms with E-state index in [9.17, 15) is 9.59 Å². The lowest BCUT2D eigenvalue weighted by Gasteiger charge is -2.03. The predicted molar refractivity (Wildman–Crippen MR) is 56.8 cm³/mol. The Labute approximate surface area is 93.1 Å². The highest BCUT2D eigenvalue weighted by Crippen LogP contribution is 2.09. The van der Waals surface area contributed by atoms with E-state index in [1.54, 1.807) is 30.3 Å². The van der Waals surface area contributed by atoms with Crippen LogP contribution in [0.25, 0.3) is 0 Å². The average molecular weight is 223 g/mol. The van der Waals surface area contributed by atoms with E-state index in [0.717, 1.165) is 0 Å². The molecule has 0 atom stereocenters. The van der Waals surface area contributed by atoms with Crippen LogP contribution in [0.4, 0.5) is 4.79 Å². The van der Waals surface area contributed by atoms with E-state index in [4.69, 9.17) is 10.5 Å². The Bertz CT molecular complexity index is 350. The second kappa shape index (κ2) is 6.58. The van der Waals surface area contributed by atoms with Crippen molar-refractivity contribution < 1.29 is 19.1 Å². The quantitative estimate of drug-likeness (QED) is 0.475. The largest absolute Gasteiger partial charge is 0.521 e. The minimum Gasteiger partial charge on any atom is -0.395 e. The van der Waals surface area contributed by atoms with Crippen LogP contribution in [0.2, 0.25) is 0 Å². The van der Waals surface area contributed by atoms with Crippen molar-refractivity contribution in [3.8, 4) is 5.75 Å². The van der Waals surface area contributed by atoms with E-state index >= 15 is 0 Å². The molecule has 0 unspecified atom stereocenters. The number of benzene rings is 1. The molecule has 0 aliphatic rings. The van der Waals surface area contributed by atoms with Gasteiger partial charge < -0.3 is 15.2 Å². The van der Waals surface area contributed by atoms with Crippen LogP contribution in [0.3, 0.4) is 0 Å². The Morgan fingerprint density at radius 1 is 1.19 bits per heavy atom. The summed E-state index contributed by atoms with van der Waals surface area (Å²) in [5, 5.41) is 0. The monoisotopic (exact) mass is 223 g/mol. The molecule has 16 heavy (non-hydrogen) atoms. The maximum atomic E-state index is 11.1. The minimum atomic E-state index is -1.02. The molecule has 1 aromatic carbocycles. The van der Waals surface area contributed by atoms with Gasteiger partial charge in [0.2, 0.25) is 0 Å². The third kappa shape index (κ3) is 4.56. The van der Waals surface area contributed by atoms with Crippen molar-refractivity contribution in [2.45, 2.75) is 12.8 Å². The zero-order valence-electron chi connectivity index (χ0n) is 8.72. The number of para-hydroxylation sites is 1. The number of rotatable bonds is 4. The van der Waals surface area contributed by atoms with Crippen molar-refractivity contribution in [1.82, 2.24) is 0 Å². The van der Waals surface area contributed by atoms with Crippen LogP contribution in [0.1, 0.15) is 12.8 Å². The second-order valence-corrected chi connectivity index (χ2v) is 3.03. The standard InChI is InChI=1S/C11H13NO4/c12-8-4-7-10(13)16-11(14)15-9-5-2-1-3-6-9/h1-3,5-6H,4,7-8,12H2. The fourth-order valence-corrected chi connectivity index (χ4v) is 0.996. The molecule has 0 bridgehead atoms. The summed E-state index contributed by atoms with van der Waals surface area (Å²) < 4.78 is 9.15. The predicted octanol–water partition coefficient (Wildman–Crippen LogP) is 1.47. The van der Waals surface area contributed by atoms with E-state index in [0.29, 0.717) is 18.7 Å². The van der Waals surface area contributed by atoms with Gasteiger partial charge in [0.25, 0.3) is 0 Å². The Balaban J connectivity index is 2.34. The molecule has 0 amide bonds. The van der Waals surface area contributed by atoms with Crippen molar-refractivity contribution in [3.05, 3.63) is 30.3 Å². The molecule has 5 nitrogen and oxygen atoms in total. The highest BCUT2D eigenvalue weighted by molar-refractivity contribution is 5.82. The van der Waals surface area contributed by atoms with E-state index < -0.39 is 12.1 Å². The average Bonchev–Trinajstić information content (AvgIpc) is 2.27. The lowest BCUT2D eigenvalue weighted by molar-refractivity contribution is -0.138. The van der Waals surface area contributed by atoms with Gasteiger partial charge in [-0.25, -0.2) is 4.79 Å². The maximum Gasteiger partial charge on any atom is 0.521 e. The fraction of sp³-hybridized carbons (Fsp3) is 0.273. The highest BCUT2D eigenvalue weighted by atomic mass is 16.7. The molecule has 2 N–H and O–H groups in total. The second-order valence-electron chi connectivity index (χ2n) is 3.03. The first-order valence-electron chi connectivity index (χ1n) is 4.90. The van der Waals surface area contributed by atoms with Gasteiger partial charge in [-0.1, -0.05) is 18.2 Å². The van der Waals surface area contributed by atoms with Gasteiger partial charge in [-0.3, -0.25) is 4.79 Å². The molecular formula is C11H13NO4. The molecule has 1 aromatic rings. The van der Waals surface area contributed by atoms with Crippen LogP contribution < -0.4 is 10.5 Å². The van der Waals surface area contributed by atoms with Crippen LogP contribution in [-0.2, 0) is 9.53 Å². The first-order valence-corrected chi connectivity index (χ1v) is 4.90. The van der Waals surface area contributed by atoms with Gasteiger partial charge in [-0.05, 0) is 25.1 Å². The molecule has 0 spiro atoms. The van der Waals surface area contributed by atoms with Crippen LogP contribution >= 0.6 is 0 Å². The lowest BCUT2D eigenvalue weighted by Crippen LogP contribution is -2.17. The molecule has 0 saturated carbocycles. The van der Waals surface area contributed by atoms with Gasteiger partial charge in [0, 0.05) is 6.42 Å². The Kier molecular flexibility index (Phi) is 5.01. The number of hydrogen-bond acceptors (Lipinski definition) is 5. The minimum absolute atomic E-state index is 0.111. The summed E-state index contributed by atoms with van der Waals surface area (Å²) in [4.78, 5) is 22.1. The normalized spacial score (nSPS) is 9.56. The van der Waals surface area contributed by atoms with E-state index in [1.165, 1.54) is 0 Å². The van der Waals surface area contributed by atoms with E-state index in [-0.39, 0.29) is 6.42 Å². The molecule has 86 valence electrons. The number of ether oxygens (including phenoxy) is 2. The van der Waals surface area contributed by atoms with Gasteiger partial charge in [0.15, 0.2) is 0 Å². The van der Waals surface area contributed by atoms with Crippen molar-refractivity contribution >= 4 is 12.1 Å². The lowest BCUT2D eigenvalue weighted by atomic mass is 10.3. The molecule has 1 rings (SSSR count). The highest BCUT2D eigenvalue weighted by Gasteiger charge is 2.11. The Morgan fingerprint density at radius 3 is 2.50 bits per heavy atom. The van der Waals surface area contributed by atoms with Gasteiger partial charge >= 0.3 is 12.1 Å². The van der Waals surface area contributed by atoms with Crippen LogP contribution in [-0.4, -0.2) is 18.7 Å². The first-order chi connectivity index (χ1) is 7.72. The zero-order valence-corrected chi connectivity index (χ0v) is 8.72. The summed E-state index contributed by atoms with van der Waals surface area (Å²) in [6, 6.07) is 8.37. The summed E-state index contributed by atoms with van der Waals surface area (Å²) in [7, 11) is 0. The van der Waals surface area contributed by atoms with Crippen LogP contribution in [0.15, 0.2) is 30.3 Å². The number of hydrogen-bond donors (Lipinski definition) is 1. The molecule has 0 heterocycles. The summed E-state index contributed by atoms with van der Waals surface area (Å²) in [5.41, 5.74) is 5.21. The Morgan fingerprint density at radius 2 is 1.88 bits per heavy atom. The zero-order chi connectivity index (χ0) is 11.8. The molecule has 0 fully saturated rings. The van der Waals surface area contributed by atoms with E-state index in [1.807, 2.05) is 0 Å². The number of esters is 1. The number of carbonyl (C=O) groups excluding carboxylic acids is 2. The van der Waals surface area contributed by atoms with Crippen molar-refractivity contribution in [2.75, 3.05) is 6.54 Å². The summed E-state index contributed by atoms with van der Waals surface area (Å²) in [5.74, 6) is -0.300. The van der Waals surface area contributed by atoms with Gasteiger partial charge in [-0.2, -0.15) is 0 Å². The number of nitrogens with two attached hydrogens (primary N) is 1. The molecule has 0 aromatic heterocycles. The Hall–Kier alpha value is -1.88. The summed E-state index contributed by atoms with van der Waals surface area (Å²) in [6.45, 7) is 0.378. The molecule has 5 heteroatoms. The van der Waals surface area contributed by atoms with Crippen LogP contribution in [0.5, 0.6) is 5.75 Å². The van der Waals surface area contributed by atoms with Crippen LogP contribution in [0, 0.1) is 0 Å². The topological polar surface area (TPSA) is 78.6 Å².